The van der Waals surface area contributed by atoms with Crippen molar-refractivity contribution >= 4 is 22.9 Å². The molecule has 4 nitrogen and oxygen atoms in total. The van der Waals surface area contributed by atoms with Gasteiger partial charge in [0.15, 0.2) is 0 Å². The van der Waals surface area contributed by atoms with E-state index in [2.05, 4.69) is 11.4 Å². The van der Waals surface area contributed by atoms with Crippen LogP contribution in [-0.4, -0.2) is 19.1 Å². The number of ether oxygens (including phenoxy) is 1. The van der Waals surface area contributed by atoms with Gasteiger partial charge in [-0.25, -0.2) is 0 Å². The minimum Gasteiger partial charge on any atom is -0.497 e. The summed E-state index contributed by atoms with van der Waals surface area (Å²) in [4.78, 5) is 13.5. The molecule has 1 amide bonds. The molecule has 1 aromatic carbocycles. The Morgan fingerprint density at radius 1 is 1.45 bits per heavy atom. The van der Waals surface area contributed by atoms with Crippen molar-refractivity contribution in [2.75, 3.05) is 12.8 Å². The number of nitrogens with one attached hydrogen (secondary N) is 1. The molecule has 1 heterocycles. The first-order valence-electron chi connectivity index (χ1n) is 6.37. The Morgan fingerprint density at radius 3 is 2.90 bits per heavy atom. The van der Waals surface area contributed by atoms with Crippen molar-refractivity contribution in [2.24, 2.45) is 0 Å². The molecule has 0 radical (unpaired) electrons. The highest BCUT2D eigenvalue weighted by Crippen LogP contribution is 2.19. The van der Waals surface area contributed by atoms with Gasteiger partial charge in [-0.1, -0.05) is 6.07 Å². The zero-order chi connectivity index (χ0) is 14.5. The highest BCUT2D eigenvalue weighted by atomic mass is 32.1. The van der Waals surface area contributed by atoms with Crippen LogP contribution in [0.3, 0.4) is 0 Å². The van der Waals surface area contributed by atoms with Gasteiger partial charge in [-0.15, -0.1) is 11.3 Å². The van der Waals surface area contributed by atoms with Crippen LogP contribution >= 0.6 is 11.3 Å². The van der Waals surface area contributed by atoms with Gasteiger partial charge in [-0.3, -0.25) is 4.79 Å². The van der Waals surface area contributed by atoms with E-state index in [0.717, 1.165) is 6.42 Å². The topological polar surface area (TPSA) is 64.3 Å². The third kappa shape index (κ3) is 3.51. The highest BCUT2D eigenvalue weighted by Gasteiger charge is 2.14. The minimum atomic E-state index is -0.176. The maximum absolute atomic E-state index is 12.2. The van der Waals surface area contributed by atoms with Gasteiger partial charge in [0.05, 0.1) is 12.7 Å². The van der Waals surface area contributed by atoms with Crippen LogP contribution in [0.2, 0.25) is 0 Å². The summed E-state index contributed by atoms with van der Waals surface area (Å²) in [6.07, 6.45) is 0.813. The zero-order valence-corrected chi connectivity index (χ0v) is 12.4. The summed E-state index contributed by atoms with van der Waals surface area (Å²) in [6.45, 7) is 1.98. The number of benzene rings is 1. The molecule has 1 unspecified atom stereocenters. The molecule has 1 atom stereocenters. The van der Waals surface area contributed by atoms with Gasteiger partial charge in [0.25, 0.3) is 5.91 Å². The number of nitrogen functional groups attached to an aromatic ring is 1. The summed E-state index contributed by atoms with van der Waals surface area (Å²) in [5.74, 6) is 0.445. The van der Waals surface area contributed by atoms with E-state index in [-0.39, 0.29) is 11.9 Å². The second-order valence-corrected chi connectivity index (χ2v) is 5.64. The van der Waals surface area contributed by atoms with Gasteiger partial charge in [-0.2, -0.15) is 0 Å². The SMILES string of the molecule is COc1ccc(N)c(C(=O)NC(C)Cc2cccs2)c1. The summed E-state index contributed by atoms with van der Waals surface area (Å²) >= 11 is 1.69. The standard InChI is InChI=1S/C15H18N2O2S/c1-10(8-12-4-3-7-20-12)17-15(18)13-9-11(19-2)5-6-14(13)16/h3-7,9-10H,8,16H2,1-2H3,(H,17,18). The Bertz CT molecular complexity index is 582. The molecule has 106 valence electrons. The van der Waals surface area contributed by atoms with Crippen LogP contribution in [0.15, 0.2) is 35.7 Å². The normalized spacial score (nSPS) is 11.9. The average molecular weight is 290 g/mol. The van der Waals surface area contributed by atoms with Gasteiger partial charge in [0.1, 0.15) is 5.75 Å². The number of methoxy groups -OCH3 is 1. The zero-order valence-electron chi connectivity index (χ0n) is 11.6. The number of amides is 1. The fraction of sp³-hybridized carbons (Fsp3) is 0.267. The fourth-order valence-corrected chi connectivity index (χ4v) is 2.78. The Morgan fingerprint density at radius 2 is 2.25 bits per heavy atom. The van der Waals surface area contributed by atoms with E-state index in [1.807, 2.05) is 18.4 Å². The van der Waals surface area contributed by atoms with E-state index in [9.17, 15) is 4.79 Å². The summed E-state index contributed by atoms with van der Waals surface area (Å²) in [5.41, 5.74) is 6.74. The lowest BCUT2D eigenvalue weighted by atomic mass is 10.1. The van der Waals surface area contributed by atoms with Crippen LogP contribution in [0.4, 0.5) is 5.69 Å². The molecule has 3 N–H and O–H groups in total. The molecule has 1 aromatic heterocycles. The molecule has 0 bridgehead atoms. The van der Waals surface area contributed by atoms with Gasteiger partial charge in [-0.05, 0) is 36.6 Å². The number of carbonyl (C=O) groups excluding carboxylic acids is 1. The largest absolute Gasteiger partial charge is 0.497 e. The van der Waals surface area contributed by atoms with Crippen molar-refractivity contribution in [3.05, 3.63) is 46.2 Å². The Kier molecular flexibility index (Phi) is 4.63. The molecule has 0 fully saturated rings. The van der Waals surface area contributed by atoms with Crippen LogP contribution < -0.4 is 15.8 Å². The lowest BCUT2D eigenvalue weighted by Gasteiger charge is -2.14. The molecular formula is C15H18N2O2S. The van der Waals surface area contributed by atoms with Crippen molar-refractivity contribution in [2.45, 2.75) is 19.4 Å². The van der Waals surface area contributed by atoms with Crippen molar-refractivity contribution in [1.82, 2.24) is 5.32 Å². The number of thiophene rings is 1. The van der Waals surface area contributed by atoms with Crippen molar-refractivity contribution in [3.63, 3.8) is 0 Å². The number of hydrogen-bond acceptors (Lipinski definition) is 4. The van der Waals surface area contributed by atoms with E-state index < -0.39 is 0 Å². The molecule has 0 aliphatic carbocycles. The summed E-state index contributed by atoms with van der Waals surface area (Å²) in [6, 6.07) is 9.19. The lowest BCUT2D eigenvalue weighted by molar-refractivity contribution is 0.0941. The van der Waals surface area contributed by atoms with Crippen LogP contribution in [0.25, 0.3) is 0 Å². The molecule has 2 aromatic rings. The van der Waals surface area contributed by atoms with E-state index in [1.54, 1.807) is 36.6 Å². The Labute approximate surface area is 122 Å². The Hall–Kier alpha value is -2.01. The van der Waals surface area contributed by atoms with Crippen LogP contribution in [0, 0.1) is 0 Å². The monoisotopic (exact) mass is 290 g/mol. The first kappa shape index (κ1) is 14.4. The average Bonchev–Trinajstić information content (AvgIpc) is 2.91. The molecular weight excluding hydrogens is 272 g/mol. The highest BCUT2D eigenvalue weighted by molar-refractivity contribution is 7.09. The Balaban J connectivity index is 2.04. The molecule has 0 spiro atoms. The van der Waals surface area contributed by atoms with E-state index in [1.165, 1.54) is 4.88 Å². The molecule has 0 saturated carbocycles. The molecule has 20 heavy (non-hydrogen) atoms. The minimum absolute atomic E-state index is 0.0479. The summed E-state index contributed by atoms with van der Waals surface area (Å²) in [7, 11) is 1.56. The second kappa shape index (κ2) is 6.43. The predicted molar refractivity (Wildman–Crippen MR) is 82.4 cm³/mol. The second-order valence-electron chi connectivity index (χ2n) is 4.61. The van der Waals surface area contributed by atoms with E-state index in [4.69, 9.17) is 10.5 Å². The van der Waals surface area contributed by atoms with Crippen molar-refractivity contribution in [1.29, 1.82) is 0 Å². The van der Waals surface area contributed by atoms with Crippen molar-refractivity contribution in [3.8, 4) is 5.75 Å². The van der Waals surface area contributed by atoms with E-state index in [0.29, 0.717) is 17.0 Å². The molecule has 0 aliphatic heterocycles. The van der Waals surface area contributed by atoms with Crippen LogP contribution in [0.1, 0.15) is 22.2 Å². The number of rotatable bonds is 5. The third-order valence-corrected chi connectivity index (χ3v) is 3.87. The number of carbonyl (C=O) groups is 1. The van der Waals surface area contributed by atoms with Crippen molar-refractivity contribution < 1.29 is 9.53 Å². The first-order chi connectivity index (χ1) is 9.60. The predicted octanol–water partition coefficient (Wildman–Crippen LogP) is 2.70. The van der Waals surface area contributed by atoms with Gasteiger partial charge < -0.3 is 15.8 Å². The maximum atomic E-state index is 12.2. The van der Waals surface area contributed by atoms with Gasteiger partial charge in [0, 0.05) is 23.0 Å². The molecule has 5 heteroatoms. The third-order valence-electron chi connectivity index (χ3n) is 2.97. The lowest BCUT2D eigenvalue weighted by Crippen LogP contribution is -2.34. The van der Waals surface area contributed by atoms with Crippen LogP contribution in [0.5, 0.6) is 5.75 Å². The number of anilines is 1. The molecule has 0 saturated heterocycles. The number of nitrogens with two attached hydrogens (primary N) is 1. The number of hydrogen-bond donors (Lipinski definition) is 2. The molecule has 0 aliphatic rings. The van der Waals surface area contributed by atoms with Gasteiger partial charge in [0.2, 0.25) is 0 Å². The first-order valence-corrected chi connectivity index (χ1v) is 7.25. The summed E-state index contributed by atoms with van der Waals surface area (Å²) in [5, 5.41) is 4.99. The maximum Gasteiger partial charge on any atom is 0.253 e. The fourth-order valence-electron chi connectivity index (χ4n) is 1.94. The summed E-state index contributed by atoms with van der Waals surface area (Å²) < 4.78 is 5.12. The molecule has 2 rings (SSSR count). The quantitative estimate of drug-likeness (QED) is 0.832. The van der Waals surface area contributed by atoms with Gasteiger partial charge >= 0.3 is 0 Å². The smallest absolute Gasteiger partial charge is 0.253 e. The van der Waals surface area contributed by atoms with Crippen LogP contribution in [-0.2, 0) is 6.42 Å². The van der Waals surface area contributed by atoms with E-state index >= 15 is 0 Å².